The van der Waals surface area contributed by atoms with Crippen molar-refractivity contribution in [2.45, 2.75) is 37.3 Å². The van der Waals surface area contributed by atoms with Gasteiger partial charge in [-0.05, 0) is 26.3 Å². The number of ether oxygens (including phenoxy) is 3. The van der Waals surface area contributed by atoms with E-state index in [2.05, 4.69) is 11.4 Å². The Hall–Kier alpha value is -0.670. The van der Waals surface area contributed by atoms with Gasteiger partial charge in [0.15, 0.2) is 0 Å². The lowest BCUT2D eigenvalue weighted by Crippen LogP contribution is -2.47. The maximum atomic E-state index is 9.22. The van der Waals surface area contributed by atoms with E-state index in [-0.39, 0.29) is 6.10 Å². The van der Waals surface area contributed by atoms with E-state index < -0.39 is 5.54 Å². The molecule has 1 aliphatic rings. The molecule has 2 unspecified atom stereocenters. The summed E-state index contributed by atoms with van der Waals surface area (Å²) in [6, 6.07) is 2.38. The van der Waals surface area contributed by atoms with Crippen LogP contribution in [0.2, 0.25) is 0 Å². The van der Waals surface area contributed by atoms with Crippen LogP contribution in [0, 0.1) is 11.3 Å². The maximum absolute atomic E-state index is 9.22. The standard InChI is InChI=1S/C13H24N2O3/c1-15-13(11-14)5-3-4-12(10-13)18-9-8-17-7-6-16-2/h12,15H,3-10H2,1-2H3. The summed E-state index contributed by atoms with van der Waals surface area (Å²) >= 11 is 0. The van der Waals surface area contributed by atoms with Gasteiger partial charge in [0, 0.05) is 13.5 Å². The molecule has 0 spiro atoms. The number of hydrogen-bond donors (Lipinski definition) is 1. The fourth-order valence-electron chi connectivity index (χ4n) is 2.27. The highest BCUT2D eigenvalue weighted by atomic mass is 16.5. The van der Waals surface area contributed by atoms with Crippen LogP contribution in [0.15, 0.2) is 0 Å². The van der Waals surface area contributed by atoms with Crippen molar-refractivity contribution in [3.63, 3.8) is 0 Å². The van der Waals surface area contributed by atoms with Crippen molar-refractivity contribution in [2.75, 3.05) is 40.6 Å². The van der Waals surface area contributed by atoms with E-state index in [0.717, 1.165) is 25.7 Å². The zero-order valence-electron chi connectivity index (χ0n) is 11.4. The fourth-order valence-corrected chi connectivity index (χ4v) is 2.27. The molecule has 18 heavy (non-hydrogen) atoms. The Kier molecular flexibility index (Phi) is 7.21. The minimum Gasteiger partial charge on any atom is -0.382 e. The average molecular weight is 256 g/mol. The smallest absolute Gasteiger partial charge is 0.109 e. The Morgan fingerprint density at radius 3 is 2.78 bits per heavy atom. The van der Waals surface area contributed by atoms with Crippen LogP contribution in [-0.4, -0.2) is 52.2 Å². The summed E-state index contributed by atoms with van der Waals surface area (Å²) in [4.78, 5) is 0. The molecule has 0 aromatic heterocycles. The first-order valence-electron chi connectivity index (χ1n) is 6.55. The molecule has 2 atom stereocenters. The molecule has 1 saturated carbocycles. The monoisotopic (exact) mass is 256 g/mol. The number of nitriles is 1. The van der Waals surface area contributed by atoms with Crippen LogP contribution in [0.25, 0.3) is 0 Å². The van der Waals surface area contributed by atoms with E-state index >= 15 is 0 Å². The minimum atomic E-state index is -0.403. The van der Waals surface area contributed by atoms with Gasteiger partial charge in [-0.1, -0.05) is 0 Å². The first kappa shape index (κ1) is 15.4. The van der Waals surface area contributed by atoms with Crippen LogP contribution in [0.3, 0.4) is 0 Å². The van der Waals surface area contributed by atoms with Gasteiger partial charge in [-0.25, -0.2) is 0 Å². The molecule has 1 rings (SSSR count). The van der Waals surface area contributed by atoms with Crippen molar-refractivity contribution in [1.82, 2.24) is 5.32 Å². The van der Waals surface area contributed by atoms with Gasteiger partial charge in [0.2, 0.25) is 0 Å². The number of methoxy groups -OCH3 is 1. The number of nitrogens with one attached hydrogen (secondary N) is 1. The van der Waals surface area contributed by atoms with Gasteiger partial charge >= 0.3 is 0 Å². The van der Waals surface area contributed by atoms with Crippen LogP contribution < -0.4 is 5.32 Å². The Bertz CT molecular complexity index is 267. The number of nitrogens with zero attached hydrogens (tertiary/aromatic N) is 1. The van der Waals surface area contributed by atoms with Gasteiger partial charge in [-0.3, -0.25) is 0 Å². The van der Waals surface area contributed by atoms with E-state index in [1.807, 2.05) is 7.05 Å². The lowest BCUT2D eigenvalue weighted by molar-refractivity contribution is -0.0277. The molecule has 0 radical (unpaired) electrons. The predicted molar refractivity (Wildman–Crippen MR) is 68.3 cm³/mol. The summed E-state index contributed by atoms with van der Waals surface area (Å²) < 4.78 is 16.0. The van der Waals surface area contributed by atoms with Gasteiger partial charge in [0.1, 0.15) is 5.54 Å². The fraction of sp³-hybridized carbons (Fsp3) is 0.923. The molecule has 0 aromatic rings. The second kappa shape index (κ2) is 8.44. The second-order valence-electron chi connectivity index (χ2n) is 4.64. The Balaban J connectivity index is 2.17. The lowest BCUT2D eigenvalue weighted by Gasteiger charge is -2.35. The molecule has 1 fully saturated rings. The highest BCUT2D eigenvalue weighted by molar-refractivity contribution is 5.09. The number of hydrogen-bond acceptors (Lipinski definition) is 5. The van der Waals surface area contributed by atoms with Gasteiger partial charge in [-0.15, -0.1) is 0 Å². The Morgan fingerprint density at radius 2 is 2.11 bits per heavy atom. The summed E-state index contributed by atoms with van der Waals surface area (Å²) in [6.45, 7) is 2.38. The predicted octanol–water partition coefficient (Wildman–Crippen LogP) is 1.09. The molecular weight excluding hydrogens is 232 g/mol. The topological polar surface area (TPSA) is 63.5 Å². The normalized spacial score (nSPS) is 27.9. The van der Waals surface area contributed by atoms with Gasteiger partial charge < -0.3 is 19.5 Å². The summed E-state index contributed by atoms with van der Waals surface area (Å²) in [5, 5.41) is 12.3. The second-order valence-corrected chi connectivity index (χ2v) is 4.64. The van der Waals surface area contributed by atoms with E-state index in [4.69, 9.17) is 14.2 Å². The van der Waals surface area contributed by atoms with Crippen molar-refractivity contribution in [3.8, 4) is 6.07 Å². The van der Waals surface area contributed by atoms with Gasteiger partial charge in [0.25, 0.3) is 0 Å². The molecule has 0 aromatic carbocycles. The molecule has 0 aliphatic heterocycles. The molecule has 0 bridgehead atoms. The number of rotatable bonds is 8. The van der Waals surface area contributed by atoms with Crippen LogP contribution >= 0.6 is 0 Å². The zero-order valence-corrected chi connectivity index (χ0v) is 11.4. The van der Waals surface area contributed by atoms with Crippen molar-refractivity contribution in [3.05, 3.63) is 0 Å². The van der Waals surface area contributed by atoms with E-state index in [1.165, 1.54) is 0 Å². The van der Waals surface area contributed by atoms with Gasteiger partial charge in [-0.2, -0.15) is 5.26 Å². The molecule has 0 saturated heterocycles. The third-order valence-electron chi connectivity index (χ3n) is 3.41. The molecule has 1 aliphatic carbocycles. The summed E-state index contributed by atoms with van der Waals surface area (Å²) in [7, 11) is 3.50. The average Bonchev–Trinajstić information content (AvgIpc) is 2.43. The van der Waals surface area contributed by atoms with Gasteiger partial charge in [0.05, 0.1) is 38.6 Å². The molecule has 104 valence electrons. The maximum Gasteiger partial charge on any atom is 0.109 e. The molecule has 5 nitrogen and oxygen atoms in total. The molecule has 1 N–H and O–H groups in total. The van der Waals surface area contributed by atoms with Crippen LogP contribution in [0.1, 0.15) is 25.7 Å². The Morgan fingerprint density at radius 1 is 1.33 bits per heavy atom. The third-order valence-corrected chi connectivity index (χ3v) is 3.41. The van der Waals surface area contributed by atoms with Crippen LogP contribution in [0.5, 0.6) is 0 Å². The molecule has 5 heteroatoms. The highest BCUT2D eigenvalue weighted by Gasteiger charge is 2.35. The van der Waals surface area contributed by atoms with Crippen molar-refractivity contribution in [2.24, 2.45) is 0 Å². The lowest BCUT2D eigenvalue weighted by atomic mass is 9.81. The van der Waals surface area contributed by atoms with Crippen molar-refractivity contribution < 1.29 is 14.2 Å². The van der Waals surface area contributed by atoms with Crippen LogP contribution in [0.4, 0.5) is 0 Å². The minimum absolute atomic E-state index is 0.164. The van der Waals surface area contributed by atoms with Crippen molar-refractivity contribution in [1.29, 1.82) is 5.26 Å². The summed E-state index contributed by atoms with van der Waals surface area (Å²) in [6.07, 6.45) is 3.89. The highest BCUT2D eigenvalue weighted by Crippen LogP contribution is 2.29. The van der Waals surface area contributed by atoms with E-state index in [1.54, 1.807) is 7.11 Å². The quantitative estimate of drug-likeness (QED) is 0.659. The summed E-state index contributed by atoms with van der Waals surface area (Å²) in [5.41, 5.74) is -0.403. The first-order chi connectivity index (χ1) is 8.76. The summed E-state index contributed by atoms with van der Waals surface area (Å²) in [5.74, 6) is 0. The molecule has 0 amide bonds. The zero-order chi connectivity index (χ0) is 13.3. The van der Waals surface area contributed by atoms with Crippen LogP contribution in [-0.2, 0) is 14.2 Å². The third kappa shape index (κ3) is 4.91. The molecule has 0 heterocycles. The first-order valence-corrected chi connectivity index (χ1v) is 6.55. The van der Waals surface area contributed by atoms with E-state index in [0.29, 0.717) is 26.4 Å². The SMILES string of the molecule is CNC1(C#N)CCCC(OCCOCCOC)C1. The molecular formula is C13H24N2O3. The largest absolute Gasteiger partial charge is 0.382 e. The Labute approximate surface area is 109 Å². The van der Waals surface area contributed by atoms with Crippen molar-refractivity contribution >= 4 is 0 Å². The van der Waals surface area contributed by atoms with E-state index in [9.17, 15) is 5.26 Å².